The van der Waals surface area contributed by atoms with Gasteiger partial charge in [0.25, 0.3) is 5.56 Å². The summed E-state index contributed by atoms with van der Waals surface area (Å²) in [6.07, 6.45) is 9.83. The highest BCUT2D eigenvalue weighted by Crippen LogP contribution is 2.22. The minimum Gasteiger partial charge on any atom is -0.266 e. The molecule has 0 aliphatic rings. The zero-order valence-corrected chi connectivity index (χ0v) is 18.4. The van der Waals surface area contributed by atoms with Crippen LogP contribution in [0, 0.1) is 0 Å². The topological polar surface area (TPSA) is 95.8 Å². The molecule has 6 rings (SSSR count). The van der Waals surface area contributed by atoms with E-state index in [1.807, 2.05) is 79.0 Å². The van der Waals surface area contributed by atoms with Crippen LogP contribution in [0.15, 0.2) is 114 Å². The van der Waals surface area contributed by atoms with Gasteiger partial charge in [-0.05, 0) is 36.4 Å². The number of rotatable bonds is 5. The Morgan fingerprint density at radius 2 is 1.63 bits per heavy atom. The molecule has 2 aromatic carbocycles. The lowest BCUT2D eigenvalue weighted by molar-refractivity contribution is 0.809. The molecule has 0 unspecified atom stereocenters. The minimum atomic E-state index is -0.313. The Hall–Kier alpha value is -5.18. The maximum atomic E-state index is 13.1. The number of aromatic nitrogens is 7. The van der Waals surface area contributed by atoms with Crippen molar-refractivity contribution in [3.8, 4) is 22.6 Å². The Kier molecular flexibility index (Phi) is 5.04. The zero-order chi connectivity index (χ0) is 23.6. The third kappa shape index (κ3) is 3.80. The molecule has 0 bridgehead atoms. The molecule has 168 valence electrons. The largest absolute Gasteiger partial charge is 0.285 e. The smallest absolute Gasteiger partial charge is 0.266 e. The Labute approximate surface area is 199 Å². The third-order valence-corrected chi connectivity index (χ3v) is 5.49. The second kappa shape index (κ2) is 8.64. The van der Waals surface area contributed by atoms with Crippen molar-refractivity contribution in [2.75, 3.05) is 0 Å². The van der Waals surface area contributed by atoms with Crippen molar-refractivity contribution in [1.29, 1.82) is 0 Å². The van der Waals surface area contributed by atoms with Crippen LogP contribution in [0.3, 0.4) is 0 Å². The van der Waals surface area contributed by atoms with Crippen LogP contribution in [-0.2, 0) is 0 Å². The van der Waals surface area contributed by atoms with Gasteiger partial charge in [0.1, 0.15) is 17.4 Å². The van der Waals surface area contributed by atoms with Gasteiger partial charge in [-0.3, -0.25) is 9.78 Å². The lowest BCUT2D eigenvalue weighted by Crippen LogP contribution is -2.17. The van der Waals surface area contributed by atoms with E-state index in [9.17, 15) is 4.79 Å². The molecule has 0 atom stereocenters. The van der Waals surface area contributed by atoms with Crippen LogP contribution in [0.2, 0.25) is 0 Å². The van der Waals surface area contributed by atoms with Gasteiger partial charge in [-0.1, -0.05) is 36.4 Å². The summed E-state index contributed by atoms with van der Waals surface area (Å²) in [5, 5.41) is 13.9. The molecule has 0 aliphatic heterocycles. The van der Waals surface area contributed by atoms with Crippen molar-refractivity contribution >= 4 is 17.2 Å². The number of pyridine rings is 1. The predicted molar refractivity (Wildman–Crippen MR) is 133 cm³/mol. The summed E-state index contributed by atoms with van der Waals surface area (Å²) >= 11 is 0. The number of hydrogen-bond donors (Lipinski definition) is 0. The SMILES string of the molecule is O=c1c2cnn(-c3ccccc3)c2ncn1N=Cc1cn(-c2ccccc2)nc1-c1cccnc1. The Morgan fingerprint density at radius 3 is 2.37 bits per heavy atom. The van der Waals surface area contributed by atoms with Crippen LogP contribution in [0.25, 0.3) is 33.7 Å². The van der Waals surface area contributed by atoms with E-state index in [4.69, 9.17) is 5.10 Å². The first-order chi connectivity index (χ1) is 17.3. The van der Waals surface area contributed by atoms with Crippen LogP contribution >= 0.6 is 0 Å². The number of benzene rings is 2. The number of hydrogen-bond acceptors (Lipinski definition) is 6. The molecule has 0 saturated carbocycles. The fourth-order valence-electron chi connectivity index (χ4n) is 3.79. The predicted octanol–water partition coefficient (Wildman–Crippen LogP) is 3.71. The number of para-hydroxylation sites is 2. The zero-order valence-electron chi connectivity index (χ0n) is 18.4. The van der Waals surface area contributed by atoms with E-state index in [0.29, 0.717) is 16.7 Å². The molecule has 9 heteroatoms. The van der Waals surface area contributed by atoms with Gasteiger partial charge >= 0.3 is 0 Å². The lowest BCUT2D eigenvalue weighted by atomic mass is 10.1. The maximum Gasteiger partial charge on any atom is 0.285 e. The van der Waals surface area contributed by atoms with Gasteiger partial charge in [-0.25, -0.2) is 14.3 Å². The van der Waals surface area contributed by atoms with Crippen molar-refractivity contribution in [2.24, 2.45) is 5.10 Å². The number of nitrogens with zero attached hydrogens (tertiary/aromatic N) is 8. The normalized spacial score (nSPS) is 11.4. The molecule has 35 heavy (non-hydrogen) atoms. The molecule has 6 aromatic rings. The van der Waals surface area contributed by atoms with Crippen molar-refractivity contribution in [1.82, 2.24) is 34.2 Å². The molecule has 0 amide bonds. The second-order valence-corrected chi connectivity index (χ2v) is 7.72. The summed E-state index contributed by atoms with van der Waals surface area (Å²) in [5.74, 6) is 0. The summed E-state index contributed by atoms with van der Waals surface area (Å²) in [6.45, 7) is 0. The summed E-state index contributed by atoms with van der Waals surface area (Å²) in [6, 6.07) is 23.1. The van der Waals surface area contributed by atoms with Gasteiger partial charge in [0.2, 0.25) is 0 Å². The van der Waals surface area contributed by atoms with Crippen molar-refractivity contribution in [3.63, 3.8) is 0 Å². The lowest BCUT2D eigenvalue weighted by Gasteiger charge is -2.02. The summed E-state index contributed by atoms with van der Waals surface area (Å²) in [4.78, 5) is 21.8. The fourth-order valence-corrected chi connectivity index (χ4v) is 3.79. The van der Waals surface area contributed by atoms with Gasteiger partial charge in [0, 0.05) is 29.7 Å². The summed E-state index contributed by atoms with van der Waals surface area (Å²) < 4.78 is 4.61. The van der Waals surface area contributed by atoms with Crippen LogP contribution < -0.4 is 5.56 Å². The molecule has 0 radical (unpaired) electrons. The highest BCUT2D eigenvalue weighted by atomic mass is 16.1. The monoisotopic (exact) mass is 458 g/mol. The molecule has 0 N–H and O–H groups in total. The van der Waals surface area contributed by atoms with Crippen LogP contribution in [0.1, 0.15) is 5.56 Å². The van der Waals surface area contributed by atoms with Crippen LogP contribution in [-0.4, -0.2) is 40.4 Å². The van der Waals surface area contributed by atoms with E-state index < -0.39 is 0 Å². The molecular formula is C26H18N8O. The van der Waals surface area contributed by atoms with Crippen molar-refractivity contribution in [3.05, 3.63) is 120 Å². The molecule has 4 heterocycles. The molecule has 0 aliphatic carbocycles. The van der Waals surface area contributed by atoms with Gasteiger partial charge in [0.05, 0.1) is 23.8 Å². The first kappa shape index (κ1) is 20.4. The quantitative estimate of drug-likeness (QED) is 0.367. The van der Waals surface area contributed by atoms with E-state index in [2.05, 4.69) is 20.2 Å². The highest BCUT2D eigenvalue weighted by molar-refractivity contribution is 5.88. The van der Waals surface area contributed by atoms with E-state index in [0.717, 1.165) is 22.5 Å². The maximum absolute atomic E-state index is 13.1. The average molecular weight is 458 g/mol. The molecular weight excluding hydrogens is 440 g/mol. The molecule has 9 nitrogen and oxygen atoms in total. The van der Waals surface area contributed by atoms with Crippen molar-refractivity contribution in [2.45, 2.75) is 0 Å². The third-order valence-electron chi connectivity index (χ3n) is 5.49. The summed E-state index contributed by atoms with van der Waals surface area (Å²) in [5.41, 5.74) is 4.16. The minimum absolute atomic E-state index is 0.313. The van der Waals surface area contributed by atoms with E-state index in [1.165, 1.54) is 17.2 Å². The molecule has 4 aromatic heterocycles. The van der Waals surface area contributed by atoms with E-state index >= 15 is 0 Å². The Morgan fingerprint density at radius 1 is 0.857 bits per heavy atom. The first-order valence-corrected chi connectivity index (χ1v) is 10.9. The molecule has 0 saturated heterocycles. The van der Waals surface area contributed by atoms with Gasteiger partial charge < -0.3 is 0 Å². The highest BCUT2D eigenvalue weighted by Gasteiger charge is 2.13. The average Bonchev–Trinajstić information content (AvgIpc) is 3.55. The summed E-state index contributed by atoms with van der Waals surface area (Å²) in [7, 11) is 0. The second-order valence-electron chi connectivity index (χ2n) is 7.72. The van der Waals surface area contributed by atoms with Crippen LogP contribution in [0.4, 0.5) is 0 Å². The molecule has 0 fully saturated rings. The Balaban J connectivity index is 1.41. The Bertz CT molecular complexity index is 1700. The first-order valence-electron chi connectivity index (χ1n) is 10.9. The van der Waals surface area contributed by atoms with Gasteiger partial charge in [-0.15, -0.1) is 0 Å². The van der Waals surface area contributed by atoms with Gasteiger partial charge in [-0.2, -0.15) is 20.0 Å². The van der Waals surface area contributed by atoms with Crippen molar-refractivity contribution < 1.29 is 0 Å². The standard InChI is InChI=1S/C26H18N8O/c35-26-23-16-30-34(22-11-5-2-6-12-22)25(23)28-18-33(26)29-15-20-17-32(21-9-3-1-4-10-21)31-24(20)19-8-7-13-27-14-19/h1-18H. The van der Waals surface area contributed by atoms with E-state index in [-0.39, 0.29) is 5.56 Å². The van der Waals surface area contributed by atoms with E-state index in [1.54, 1.807) is 28.0 Å². The fraction of sp³-hybridized carbons (Fsp3) is 0. The number of fused-ring (bicyclic) bond motifs is 1. The van der Waals surface area contributed by atoms with Crippen LogP contribution in [0.5, 0.6) is 0 Å². The molecule has 0 spiro atoms. The van der Waals surface area contributed by atoms with Gasteiger partial charge in [0.15, 0.2) is 5.65 Å².